The second kappa shape index (κ2) is 11.7. The van der Waals surface area contributed by atoms with Gasteiger partial charge in [0.1, 0.15) is 5.82 Å². The molecule has 0 radical (unpaired) electrons. The number of methoxy groups -OCH3 is 2. The number of carbonyl (C=O) groups excluding carboxylic acids is 1. The number of carbonyl (C=O) groups is 1. The van der Waals surface area contributed by atoms with E-state index >= 15 is 0 Å². The number of fused-ring (bicyclic) bond motifs is 2. The molecular formula is C34H32N4O3. The van der Waals surface area contributed by atoms with Crippen LogP contribution in [0.2, 0.25) is 0 Å². The third kappa shape index (κ3) is 5.31. The van der Waals surface area contributed by atoms with Gasteiger partial charge in [-0.25, -0.2) is 4.98 Å². The molecule has 1 amide bonds. The van der Waals surface area contributed by atoms with Crippen LogP contribution in [0.15, 0.2) is 97.5 Å². The minimum absolute atomic E-state index is 0.0546. The molecule has 3 aromatic carbocycles. The maximum atomic E-state index is 14.4. The Morgan fingerprint density at radius 3 is 2.54 bits per heavy atom. The van der Waals surface area contributed by atoms with Gasteiger partial charge in [0.25, 0.3) is 5.91 Å². The van der Waals surface area contributed by atoms with Gasteiger partial charge in [-0.2, -0.15) is 0 Å². The molecule has 3 heterocycles. The molecular weight excluding hydrogens is 512 g/mol. The highest BCUT2D eigenvalue weighted by Gasteiger charge is 2.34. The van der Waals surface area contributed by atoms with Crippen LogP contribution in [-0.2, 0) is 19.4 Å². The molecule has 0 saturated heterocycles. The van der Waals surface area contributed by atoms with Crippen LogP contribution in [0.3, 0.4) is 0 Å². The maximum absolute atomic E-state index is 14.4. The van der Waals surface area contributed by atoms with Crippen LogP contribution in [0.1, 0.15) is 38.7 Å². The second-order valence-corrected chi connectivity index (χ2v) is 10.1. The van der Waals surface area contributed by atoms with Gasteiger partial charge in [-0.05, 0) is 82.3 Å². The summed E-state index contributed by atoms with van der Waals surface area (Å²) < 4.78 is 11.3. The fourth-order valence-corrected chi connectivity index (χ4v) is 5.73. The Kier molecular flexibility index (Phi) is 7.50. The highest BCUT2D eigenvalue weighted by atomic mass is 16.5. The minimum Gasteiger partial charge on any atom is -0.493 e. The monoisotopic (exact) mass is 544 g/mol. The van der Waals surface area contributed by atoms with Gasteiger partial charge >= 0.3 is 0 Å². The third-order valence-electron chi connectivity index (χ3n) is 7.80. The van der Waals surface area contributed by atoms with Crippen LogP contribution < -0.4 is 14.8 Å². The van der Waals surface area contributed by atoms with Crippen LogP contribution >= 0.6 is 0 Å². The first kappa shape index (κ1) is 26.3. The largest absolute Gasteiger partial charge is 0.493 e. The molecule has 0 saturated carbocycles. The van der Waals surface area contributed by atoms with Crippen molar-refractivity contribution in [1.82, 2.24) is 14.9 Å². The van der Waals surface area contributed by atoms with Gasteiger partial charge in [0.05, 0.1) is 25.8 Å². The zero-order chi connectivity index (χ0) is 28.2. The van der Waals surface area contributed by atoms with Crippen molar-refractivity contribution in [3.8, 4) is 11.5 Å². The molecule has 1 atom stereocenters. The van der Waals surface area contributed by atoms with E-state index in [2.05, 4.69) is 63.8 Å². The quantitative estimate of drug-likeness (QED) is 0.249. The normalized spacial score (nSPS) is 14.4. The summed E-state index contributed by atoms with van der Waals surface area (Å²) in [6, 6.07) is 26.2. The summed E-state index contributed by atoms with van der Waals surface area (Å²) in [5, 5.41) is 5.74. The smallest absolute Gasteiger partial charge is 0.258 e. The number of hydrogen-bond acceptors (Lipinski definition) is 6. The fourth-order valence-electron chi connectivity index (χ4n) is 5.73. The zero-order valence-electron chi connectivity index (χ0n) is 23.2. The molecule has 206 valence electrons. The molecule has 0 aliphatic carbocycles. The van der Waals surface area contributed by atoms with Crippen molar-refractivity contribution in [2.24, 2.45) is 0 Å². The third-order valence-corrected chi connectivity index (χ3v) is 7.80. The van der Waals surface area contributed by atoms with Crippen molar-refractivity contribution < 1.29 is 14.3 Å². The number of hydrogen-bond donors (Lipinski definition) is 1. The molecule has 7 heteroatoms. The standard InChI is InChI=1S/C34H32N4O3/c1-40-31-20-26-14-18-38(34(39)28-11-6-15-36-33(28)37-22-23-12-16-35-17-13-23)30(29(26)21-32(31)41-2)19-25-9-5-8-24-7-3-4-10-27(24)25/h3-13,15-17,20-21,30H,14,18-19,22H2,1-2H3,(H,36,37). The van der Waals surface area contributed by atoms with E-state index in [1.165, 1.54) is 21.9 Å². The Morgan fingerprint density at radius 1 is 0.927 bits per heavy atom. The van der Waals surface area contributed by atoms with Crippen molar-refractivity contribution >= 4 is 22.5 Å². The van der Waals surface area contributed by atoms with Crippen LogP contribution in [0.25, 0.3) is 10.8 Å². The lowest BCUT2D eigenvalue weighted by atomic mass is 9.86. The number of rotatable bonds is 8. The van der Waals surface area contributed by atoms with E-state index in [1.54, 1.807) is 32.8 Å². The fraction of sp³-hybridized carbons (Fsp3) is 0.206. The first-order valence-electron chi connectivity index (χ1n) is 13.8. The van der Waals surface area contributed by atoms with E-state index in [1.807, 2.05) is 35.2 Å². The summed E-state index contributed by atoms with van der Waals surface area (Å²) in [5.74, 6) is 1.87. The van der Waals surface area contributed by atoms with Gasteiger partial charge in [-0.15, -0.1) is 0 Å². The summed E-state index contributed by atoms with van der Waals surface area (Å²) in [6.07, 6.45) is 6.60. The van der Waals surface area contributed by atoms with E-state index in [0.717, 1.165) is 11.1 Å². The lowest BCUT2D eigenvalue weighted by Gasteiger charge is -2.38. The number of nitrogens with zero attached hydrogens (tertiary/aromatic N) is 3. The lowest BCUT2D eigenvalue weighted by molar-refractivity contribution is 0.0660. The second-order valence-electron chi connectivity index (χ2n) is 10.1. The molecule has 6 rings (SSSR count). The zero-order valence-corrected chi connectivity index (χ0v) is 23.2. The first-order chi connectivity index (χ1) is 20.2. The van der Waals surface area contributed by atoms with Gasteiger partial charge in [0, 0.05) is 31.7 Å². The predicted molar refractivity (Wildman–Crippen MR) is 160 cm³/mol. The van der Waals surface area contributed by atoms with E-state index in [-0.39, 0.29) is 11.9 Å². The number of ether oxygens (including phenoxy) is 2. The number of pyridine rings is 2. The summed E-state index contributed by atoms with van der Waals surface area (Å²) in [7, 11) is 3.30. The van der Waals surface area contributed by atoms with Gasteiger partial charge in [-0.1, -0.05) is 42.5 Å². The van der Waals surface area contributed by atoms with E-state index < -0.39 is 0 Å². The lowest BCUT2D eigenvalue weighted by Crippen LogP contribution is -2.41. The summed E-state index contributed by atoms with van der Waals surface area (Å²) in [6.45, 7) is 1.12. The van der Waals surface area contributed by atoms with Crippen LogP contribution in [0.5, 0.6) is 11.5 Å². The minimum atomic E-state index is -0.204. The molecule has 1 unspecified atom stereocenters. The Labute approximate surface area is 239 Å². The Bertz CT molecular complexity index is 1680. The van der Waals surface area contributed by atoms with Gasteiger partial charge in [0.2, 0.25) is 0 Å². The molecule has 5 aromatic rings. The summed E-state index contributed by atoms with van der Waals surface area (Å²) in [4.78, 5) is 25.0. The molecule has 2 aromatic heterocycles. The van der Waals surface area contributed by atoms with E-state index in [4.69, 9.17) is 9.47 Å². The van der Waals surface area contributed by atoms with Crippen LogP contribution in [0, 0.1) is 0 Å². The van der Waals surface area contributed by atoms with Crippen molar-refractivity contribution in [2.75, 3.05) is 26.1 Å². The van der Waals surface area contributed by atoms with E-state index in [0.29, 0.717) is 48.8 Å². The molecule has 1 N–H and O–H groups in total. The molecule has 1 aliphatic rings. The Hall–Kier alpha value is -4.91. The molecule has 1 aliphatic heterocycles. The molecule has 41 heavy (non-hydrogen) atoms. The molecule has 7 nitrogen and oxygen atoms in total. The summed E-state index contributed by atoms with van der Waals surface area (Å²) >= 11 is 0. The molecule has 0 fully saturated rings. The van der Waals surface area contributed by atoms with Gasteiger partial charge < -0.3 is 19.7 Å². The van der Waals surface area contributed by atoms with Crippen molar-refractivity contribution in [2.45, 2.75) is 25.4 Å². The highest BCUT2D eigenvalue weighted by Crippen LogP contribution is 2.41. The van der Waals surface area contributed by atoms with Crippen LogP contribution in [0.4, 0.5) is 5.82 Å². The summed E-state index contributed by atoms with van der Waals surface area (Å²) in [5.41, 5.74) is 5.04. The van der Waals surface area contributed by atoms with Crippen molar-refractivity contribution in [3.63, 3.8) is 0 Å². The average Bonchev–Trinajstić information content (AvgIpc) is 3.03. The first-order valence-corrected chi connectivity index (χ1v) is 13.8. The number of nitrogens with one attached hydrogen (secondary N) is 1. The Balaban J connectivity index is 1.40. The topological polar surface area (TPSA) is 76.6 Å². The van der Waals surface area contributed by atoms with Gasteiger partial charge in [0.15, 0.2) is 11.5 Å². The highest BCUT2D eigenvalue weighted by molar-refractivity contribution is 5.99. The number of aromatic nitrogens is 2. The maximum Gasteiger partial charge on any atom is 0.258 e. The van der Waals surface area contributed by atoms with Crippen LogP contribution in [-0.4, -0.2) is 41.5 Å². The van der Waals surface area contributed by atoms with Gasteiger partial charge in [-0.3, -0.25) is 9.78 Å². The average molecular weight is 545 g/mol. The SMILES string of the molecule is COc1cc2c(cc1OC)C(Cc1cccc3ccccc13)N(C(=O)c1cccnc1NCc1ccncc1)CC2. The predicted octanol–water partition coefficient (Wildman–Crippen LogP) is 6.24. The number of anilines is 1. The Morgan fingerprint density at radius 2 is 1.71 bits per heavy atom. The van der Waals surface area contributed by atoms with Crippen molar-refractivity contribution in [3.05, 3.63) is 125 Å². The number of benzene rings is 3. The molecule has 0 bridgehead atoms. The number of amides is 1. The van der Waals surface area contributed by atoms with E-state index in [9.17, 15) is 4.79 Å². The van der Waals surface area contributed by atoms with Crippen molar-refractivity contribution in [1.29, 1.82) is 0 Å². The molecule has 0 spiro atoms.